The zero-order chi connectivity index (χ0) is 14.0. The van der Waals surface area contributed by atoms with E-state index in [-0.39, 0.29) is 28.3 Å². The van der Waals surface area contributed by atoms with Gasteiger partial charge in [0.1, 0.15) is 0 Å². The molecule has 0 radical (unpaired) electrons. The fourth-order valence-electron chi connectivity index (χ4n) is 2.02. The van der Waals surface area contributed by atoms with Crippen LogP contribution in [0.25, 0.3) is 0 Å². The van der Waals surface area contributed by atoms with E-state index in [1.54, 1.807) is 0 Å². The summed E-state index contributed by atoms with van der Waals surface area (Å²) in [6, 6.07) is 3.77. The van der Waals surface area contributed by atoms with Gasteiger partial charge in [0.2, 0.25) is 0 Å². The van der Waals surface area contributed by atoms with Gasteiger partial charge in [-0.3, -0.25) is 14.9 Å². The predicted molar refractivity (Wildman–Crippen MR) is 69.2 cm³/mol. The first-order chi connectivity index (χ1) is 8.95. The number of nitro groups is 1. The maximum atomic E-state index is 11.8. The van der Waals surface area contributed by atoms with E-state index in [0.717, 1.165) is 0 Å². The predicted octanol–water partition coefficient (Wildman–Crippen LogP) is 1.75. The van der Waals surface area contributed by atoms with Crippen molar-refractivity contribution in [1.82, 2.24) is 5.32 Å². The molecule has 0 heterocycles. The topological polar surface area (TPSA) is 92.5 Å². The number of hydrogen-bond acceptors (Lipinski definition) is 4. The van der Waals surface area contributed by atoms with Crippen molar-refractivity contribution < 1.29 is 14.8 Å². The Hall–Kier alpha value is -1.66. The van der Waals surface area contributed by atoms with Gasteiger partial charge in [-0.15, -0.1) is 0 Å². The largest absolute Gasteiger partial charge is 0.393 e. The molecule has 6 nitrogen and oxygen atoms in total. The molecule has 0 aromatic heterocycles. The molecular formula is C12H13ClN2O4. The third-order valence-electron chi connectivity index (χ3n) is 3.12. The lowest BCUT2D eigenvalue weighted by Gasteiger charge is -2.31. The maximum Gasteiger partial charge on any atom is 0.271 e. The van der Waals surface area contributed by atoms with Gasteiger partial charge in [-0.2, -0.15) is 0 Å². The highest BCUT2D eigenvalue weighted by Gasteiger charge is 2.27. The van der Waals surface area contributed by atoms with Crippen molar-refractivity contribution in [2.24, 2.45) is 5.92 Å². The van der Waals surface area contributed by atoms with Crippen molar-refractivity contribution in [2.75, 3.05) is 6.54 Å². The zero-order valence-corrected chi connectivity index (χ0v) is 10.8. The molecule has 0 saturated heterocycles. The Bertz CT molecular complexity index is 514. The van der Waals surface area contributed by atoms with Crippen LogP contribution in [0.2, 0.25) is 5.02 Å². The van der Waals surface area contributed by atoms with Gasteiger partial charge < -0.3 is 10.4 Å². The van der Waals surface area contributed by atoms with Crippen LogP contribution in [-0.4, -0.2) is 28.6 Å². The molecule has 1 aromatic carbocycles. The maximum absolute atomic E-state index is 11.8. The number of carbonyl (C=O) groups excluding carboxylic acids is 1. The van der Waals surface area contributed by atoms with E-state index < -0.39 is 10.8 Å². The van der Waals surface area contributed by atoms with Crippen molar-refractivity contribution in [2.45, 2.75) is 18.9 Å². The number of rotatable bonds is 4. The fraction of sp³-hybridized carbons (Fsp3) is 0.417. The Labute approximate surface area is 114 Å². The van der Waals surface area contributed by atoms with Crippen LogP contribution in [0, 0.1) is 16.0 Å². The minimum Gasteiger partial charge on any atom is -0.393 e. The summed E-state index contributed by atoms with van der Waals surface area (Å²) in [4.78, 5) is 21.9. The minimum absolute atomic E-state index is 0.151. The van der Waals surface area contributed by atoms with E-state index in [9.17, 15) is 14.9 Å². The van der Waals surface area contributed by atoms with Crippen molar-refractivity contribution in [3.63, 3.8) is 0 Å². The lowest BCUT2D eigenvalue weighted by Crippen LogP contribution is -2.38. The van der Waals surface area contributed by atoms with E-state index >= 15 is 0 Å². The fourth-order valence-corrected chi connectivity index (χ4v) is 2.25. The van der Waals surface area contributed by atoms with Gasteiger partial charge >= 0.3 is 0 Å². The summed E-state index contributed by atoms with van der Waals surface area (Å²) in [5, 5.41) is 22.6. The van der Waals surface area contributed by atoms with Crippen molar-refractivity contribution in [1.29, 1.82) is 0 Å². The molecular weight excluding hydrogens is 272 g/mol. The van der Waals surface area contributed by atoms with Gasteiger partial charge in [0, 0.05) is 29.3 Å². The number of benzene rings is 1. The van der Waals surface area contributed by atoms with E-state index in [1.807, 2.05) is 0 Å². The van der Waals surface area contributed by atoms with Crippen LogP contribution in [0.5, 0.6) is 0 Å². The molecule has 0 atom stereocenters. The van der Waals surface area contributed by atoms with Crippen LogP contribution in [0.15, 0.2) is 18.2 Å². The Balaban J connectivity index is 2.00. The second-order valence-corrected chi connectivity index (χ2v) is 5.09. The molecule has 2 N–H and O–H groups in total. The lowest BCUT2D eigenvalue weighted by molar-refractivity contribution is -0.384. The molecule has 0 unspecified atom stereocenters. The third-order valence-corrected chi connectivity index (χ3v) is 3.34. The molecule has 0 aliphatic heterocycles. The van der Waals surface area contributed by atoms with Crippen LogP contribution in [-0.2, 0) is 0 Å². The van der Waals surface area contributed by atoms with Gasteiger partial charge in [-0.25, -0.2) is 0 Å². The molecule has 0 spiro atoms. The quantitative estimate of drug-likeness (QED) is 0.651. The standard InChI is InChI=1S/C12H13ClN2O4/c13-9-3-8(4-10(5-9)15(18)19)12(17)14-6-7-1-11(16)2-7/h3-5,7,11,16H,1-2,6H2,(H,14,17). The highest BCUT2D eigenvalue weighted by atomic mass is 35.5. The average molecular weight is 285 g/mol. The van der Waals surface area contributed by atoms with Crippen LogP contribution in [0.3, 0.4) is 0 Å². The van der Waals surface area contributed by atoms with Gasteiger partial charge in [0.05, 0.1) is 11.0 Å². The van der Waals surface area contributed by atoms with E-state index in [1.165, 1.54) is 18.2 Å². The number of hydrogen-bond donors (Lipinski definition) is 2. The average Bonchev–Trinajstić information content (AvgIpc) is 2.32. The Morgan fingerprint density at radius 3 is 2.74 bits per heavy atom. The third kappa shape index (κ3) is 3.42. The normalized spacial score (nSPS) is 21.6. The number of amides is 1. The van der Waals surface area contributed by atoms with Gasteiger partial charge in [0.15, 0.2) is 0 Å². The zero-order valence-electron chi connectivity index (χ0n) is 10.0. The summed E-state index contributed by atoms with van der Waals surface area (Å²) in [5.74, 6) is -0.125. The Morgan fingerprint density at radius 2 is 2.16 bits per heavy atom. The summed E-state index contributed by atoms with van der Waals surface area (Å²) in [6.07, 6.45) is 1.08. The molecule has 7 heteroatoms. The van der Waals surface area contributed by atoms with Crippen LogP contribution < -0.4 is 5.32 Å². The number of aliphatic hydroxyl groups excluding tert-OH is 1. The molecule has 1 aliphatic rings. The second-order valence-electron chi connectivity index (χ2n) is 4.66. The van der Waals surface area contributed by atoms with Gasteiger partial charge in [0.25, 0.3) is 11.6 Å². The van der Waals surface area contributed by atoms with Crippen molar-refractivity contribution in [3.8, 4) is 0 Å². The highest BCUT2D eigenvalue weighted by molar-refractivity contribution is 6.31. The summed E-state index contributed by atoms with van der Waals surface area (Å²) in [7, 11) is 0. The summed E-state index contributed by atoms with van der Waals surface area (Å²) >= 11 is 5.74. The number of halogens is 1. The monoisotopic (exact) mass is 284 g/mol. The first kappa shape index (κ1) is 13.8. The lowest BCUT2D eigenvalue weighted by atomic mass is 9.82. The first-order valence-electron chi connectivity index (χ1n) is 5.87. The summed E-state index contributed by atoms with van der Waals surface area (Å²) in [5.41, 5.74) is -0.0456. The minimum atomic E-state index is -0.592. The number of nitrogens with zero attached hydrogens (tertiary/aromatic N) is 1. The molecule has 1 fully saturated rings. The number of carbonyl (C=O) groups is 1. The molecule has 1 aromatic rings. The number of aliphatic hydroxyl groups is 1. The molecule has 19 heavy (non-hydrogen) atoms. The first-order valence-corrected chi connectivity index (χ1v) is 6.24. The number of non-ortho nitro benzene ring substituents is 1. The van der Waals surface area contributed by atoms with Gasteiger partial charge in [-0.05, 0) is 24.8 Å². The molecule has 0 bridgehead atoms. The van der Waals surface area contributed by atoms with Crippen LogP contribution >= 0.6 is 11.6 Å². The number of nitro benzene ring substituents is 1. The van der Waals surface area contributed by atoms with E-state index in [2.05, 4.69) is 5.32 Å². The summed E-state index contributed by atoms with van der Waals surface area (Å²) in [6.45, 7) is 0.455. The molecule has 1 amide bonds. The molecule has 2 rings (SSSR count). The van der Waals surface area contributed by atoms with Crippen molar-refractivity contribution in [3.05, 3.63) is 38.9 Å². The number of nitrogens with one attached hydrogen (secondary N) is 1. The van der Waals surface area contributed by atoms with E-state index in [0.29, 0.717) is 19.4 Å². The van der Waals surface area contributed by atoms with E-state index in [4.69, 9.17) is 16.7 Å². The van der Waals surface area contributed by atoms with Crippen LogP contribution in [0.1, 0.15) is 23.2 Å². The van der Waals surface area contributed by atoms with Gasteiger partial charge in [-0.1, -0.05) is 11.6 Å². The van der Waals surface area contributed by atoms with Crippen molar-refractivity contribution >= 4 is 23.2 Å². The highest BCUT2D eigenvalue weighted by Crippen LogP contribution is 2.26. The van der Waals surface area contributed by atoms with Crippen LogP contribution in [0.4, 0.5) is 5.69 Å². The Morgan fingerprint density at radius 1 is 1.47 bits per heavy atom. The Kier molecular flexibility index (Phi) is 4.01. The second kappa shape index (κ2) is 5.54. The smallest absolute Gasteiger partial charge is 0.271 e. The SMILES string of the molecule is O=C(NCC1CC(O)C1)c1cc(Cl)cc([N+](=O)[O-])c1. The molecule has 1 saturated carbocycles. The molecule has 102 valence electrons. The molecule has 1 aliphatic carbocycles. The summed E-state index contributed by atoms with van der Waals surface area (Å²) < 4.78 is 0.